The number of benzene rings is 1. The largest absolute Gasteiger partial charge is 0.496 e. The van der Waals surface area contributed by atoms with Gasteiger partial charge in [-0.3, -0.25) is 0 Å². The van der Waals surface area contributed by atoms with Gasteiger partial charge in [0.05, 0.1) is 44.7 Å². The van der Waals surface area contributed by atoms with Crippen LogP contribution in [0.1, 0.15) is 11.1 Å². The minimum atomic E-state index is 0.0962. The molecule has 0 radical (unpaired) electrons. The summed E-state index contributed by atoms with van der Waals surface area (Å²) in [6.07, 6.45) is 0.0962. The van der Waals surface area contributed by atoms with E-state index in [0.717, 1.165) is 17.9 Å². The van der Waals surface area contributed by atoms with Crippen molar-refractivity contribution in [3.05, 3.63) is 29.3 Å². The van der Waals surface area contributed by atoms with E-state index in [1.807, 2.05) is 12.1 Å². The summed E-state index contributed by atoms with van der Waals surface area (Å²) in [6.45, 7) is 3.31. The lowest BCUT2D eigenvalue weighted by Gasteiger charge is -2.23. The summed E-state index contributed by atoms with van der Waals surface area (Å²) in [5.41, 5.74) is 1.60. The smallest absolute Gasteiger partial charge is 0.123 e. The van der Waals surface area contributed by atoms with Crippen LogP contribution in [0.25, 0.3) is 0 Å². The van der Waals surface area contributed by atoms with Gasteiger partial charge in [-0.2, -0.15) is 5.26 Å². The summed E-state index contributed by atoms with van der Waals surface area (Å²) in [4.78, 5) is 0. The molecule has 19 heavy (non-hydrogen) atoms. The average Bonchev–Trinajstić information content (AvgIpc) is 2.48. The third kappa shape index (κ3) is 3.93. The highest BCUT2D eigenvalue weighted by Gasteiger charge is 2.14. The van der Waals surface area contributed by atoms with E-state index in [9.17, 15) is 0 Å². The highest BCUT2D eigenvalue weighted by Crippen LogP contribution is 2.19. The maximum absolute atomic E-state index is 8.91. The quantitative estimate of drug-likeness (QED) is 0.860. The summed E-state index contributed by atoms with van der Waals surface area (Å²) in [7, 11) is 1.63. The number of ether oxygens (including phenoxy) is 3. The van der Waals surface area contributed by atoms with Crippen LogP contribution in [0.4, 0.5) is 0 Å². The zero-order chi connectivity index (χ0) is 13.5. The van der Waals surface area contributed by atoms with E-state index < -0.39 is 0 Å². The van der Waals surface area contributed by atoms with Gasteiger partial charge in [0.15, 0.2) is 0 Å². The first-order valence-electron chi connectivity index (χ1n) is 6.30. The molecule has 1 atom stereocenters. The van der Waals surface area contributed by atoms with Crippen molar-refractivity contribution in [3.8, 4) is 11.8 Å². The lowest BCUT2D eigenvalue weighted by Crippen LogP contribution is -2.37. The number of nitriles is 1. The summed E-state index contributed by atoms with van der Waals surface area (Å²) in [6, 6.07) is 7.53. The van der Waals surface area contributed by atoms with Crippen LogP contribution in [0.15, 0.2) is 18.2 Å². The van der Waals surface area contributed by atoms with Crippen LogP contribution in [-0.2, 0) is 16.0 Å². The molecule has 5 nitrogen and oxygen atoms in total. The fourth-order valence-electron chi connectivity index (χ4n) is 2.01. The number of methoxy groups -OCH3 is 1. The van der Waals surface area contributed by atoms with Crippen molar-refractivity contribution in [3.63, 3.8) is 0 Å². The predicted molar refractivity (Wildman–Crippen MR) is 70.0 cm³/mol. The van der Waals surface area contributed by atoms with Gasteiger partial charge in [0.25, 0.3) is 0 Å². The number of rotatable bonds is 5. The Kier molecular flexibility index (Phi) is 5.16. The molecule has 1 aliphatic heterocycles. The first-order chi connectivity index (χ1) is 9.33. The maximum Gasteiger partial charge on any atom is 0.123 e. The second kappa shape index (κ2) is 7.10. The molecule has 5 heteroatoms. The highest BCUT2D eigenvalue weighted by molar-refractivity contribution is 5.41. The van der Waals surface area contributed by atoms with Crippen LogP contribution in [0, 0.1) is 11.3 Å². The lowest BCUT2D eigenvalue weighted by atomic mass is 10.1. The van der Waals surface area contributed by atoms with E-state index in [2.05, 4.69) is 11.4 Å². The third-order valence-corrected chi connectivity index (χ3v) is 2.98. The molecule has 1 N–H and O–H groups in total. The summed E-state index contributed by atoms with van der Waals surface area (Å²) < 4.78 is 16.2. The Balaban J connectivity index is 1.89. The number of hydrogen-bond donors (Lipinski definition) is 1. The minimum absolute atomic E-state index is 0.0962. The maximum atomic E-state index is 8.91. The van der Waals surface area contributed by atoms with Crippen molar-refractivity contribution in [2.45, 2.75) is 12.6 Å². The van der Waals surface area contributed by atoms with E-state index in [4.69, 9.17) is 19.5 Å². The van der Waals surface area contributed by atoms with Crippen LogP contribution in [0.5, 0.6) is 5.75 Å². The van der Waals surface area contributed by atoms with E-state index in [1.165, 1.54) is 0 Å². The van der Waals surface area contributed by atoms with Gasteiger partial charge >= 0.3 is 0 Å². The van der Waals surface area contributed by atoms with Gasteiger partial charge in [-0.25, -0.2) is 0 Å². The SMILES string of the molecule is COc1ccc(C#N)cc1CNCC1COCCO1. The van der Waals surface area contributed by atoms with Gasteiger partial charge in [0.2, 0.25) is 0 Å². The van der Waals surface area contributed by atoms with Crippen molar-refractivity contribution < 1.29 is 14.2 Å². The molecule has 1 aromatic carbocycles. The van der Waals surface area contributed by atoms with Crippen molar-refractivity contribution in [1.29, 1.82) is 5.26 Å². The summed E-state index contributed by atoms with van der Waals surface area (Å²) >= 11 is 0. The second-order valence-corrected chi connectivity index (χ2v) is 4.34. The molecular formula is C14H18N2O3. The molecule has 1 aromatic rings. The first-order valence-corrected chi connectivity index (χ1v) is 6.30. The van der Waals surface area contributed by atoms with Gasteiger partial charge in [0.1, 0.15) is 5.75 Å². The van der Waals surface area contributed by atoms with Crippen LogP contribution in [-0.4, -0.2) is 39.6 Å². The second-order valence-electron chi connectivity index (χ2n) is 4.34. The van der Waals surface area contributed by atoms with E-state index >= 15 is 0 Å². The van der Waals surface area contributed by atoms with Crippen molar-refractivity contribution in [2.24, 2.45) is 0 Å². The molecule has 1 saturated heterocycles. The zero-order valence-corrected chi connectivity index (χ0v) is 11.0. The van der Waals surface area contributed by atoms with Gasteiger partial charge in [-0.1, -0.05) is 0 Å². The summed E-state index contributed by atoms with van der Waals surface area (Å²) in [5.74, 6) is 0.785. The van der Waals surface area contributed by atoms with Crippen molar-refractivity contribution >= 4 is 0 Å². The van der Waals surface area contributed by atoms with Crippen LogP contribution >= 0.6 is 0 Å². The number of hydrogen-bond acceptors (Lipinski definition) is 5. The molecule has 0 aromatic heterocycles. The fraction of sp³-hybridized carbons (Fsp3) is 0.500. The minimum Gasteiger partial charge on any atom is -0.496 e. The van der Waals surface area contributed by atoms with Crippen LogP contribution < -0.4 is 10.1 Å². The molecular weight excluding hydrogens is 244 g/mol. The van der Waals surface area contributed by atoms with Crippen LogP contribution in [0.3, 0.4) is 0 Å². The van der Waals surface area contributed by atoms with Gasteiger partial charge in [0, 0.05) is 18.7 Å². The molecule has 0 spiro atoms. The topological polar surface area (TPSA) is 63.5 Å². The Bertz CT molecular complexity index is 450. The molecule has 1 unspecified atom stereocenters. The van der Waals surface area contributed by atoms with E-state index in [0.29, 0.717) is 31.9 Å². The number of nitrogens with zero attached hydrogens (tertiary/aromatic N) is 1. The predicted octanol–water partition coefficient (Wildman–Crippen LogP) is 1.07. The van der Waals surface area contributed by atoms with Gasteiger partial charge in [-0.15, -0.1) is 0 Å². The lowest BCUT2D eigenvalue weighted by molar-refractivity contribution is -0.0864. The Morgan fingerprint density at radius 1 is 1.47 bits per heavy atom. The van der Waals surface area contributed by atoms with Crippen LogP contribution in [0.2, 0.25) is 0 Å². The van der Waals surface area contributed by atoms with Gasteiger partial charge in [-0.05, 0) is 18.2 Å². The summed E-state index contributed by atoms with van der Waals surface area (Å²) in [5, 5.41) is 12.2. The van der Waals surface area contributed by atoms with E-state index in [1.54, 1.807) is 13.2 Å². The zero-order valence-electron chi connectivity index (χ0n) is 11.0. The Morgan fingerprint density at radius 3 is 3.05 bits per heavy atom. The molecule has 0 bridgehead atoms. The molecule has 1 heterocycles. The van der Waals surface area contributed by atoms with Gasteiger partial charge < -0.3 is 19.5 Å². The Hall–Kier alpha value is -1.61. The molecule has 0 aliphatic carbocycles. The number of nitrogens with one attached hydrogen (secondary N) is 1. The first kappa shape index (κ1) is 13.8. The molecule has 0 saturated carbocycles. The highest BCUT2D eigenvalue weighted by atomic mass is 16.6. The molecule has 1 fully saturated rings. The Morgan fingerprint density at radius 2 is 2.37 bits per heavy atom. The standard InChI is InChI=1S/C14H18N2O3/c1-17-14-3-2-11(7-15)6-12(14)8-16-9-13-10-18-4-5-19-13/h2-3,6,13,16H,4-5,8-10H2,1H3. The molecule has 0 amide bonds. The average molecular weight is 262 g/mol. The van der Waals surface area contributed by atoms with Crippen molar-refractivity contribution in [1.82, 2.24) is 5.32 Å². The fourth-order valence-corrected chi connectivity index (χ4v) is 2.01. The third-order valence-electron chi connectivity index (χ3n) is 2.98. The molecule has 102 valence electrons. The molecule has 1 aliphatic rings. The monoisotopic (exact) mass is 262 g/mol. The Labute approximate surface area is 113 Å². The normalized spacial score (nSPS) is 18.8. The van der Waals surface area contributed by atoms with Crippen molar-refractivity contribution in [2.75, 3.05) is 33.5 Å². The van der Waals surface area contributed by atoms with E-state index in [-0.39, 0.29) is 6.10 Å². The molecule has 2 rings (SSSR count).